The van der Waals surface area contributed by atoms with Crippen LogP contribution < -0.4 is 5.32 Å². The lowest BCUT2D eigenvalue weighted by Crippen LogP contribution is -2.78. The van der Waals surface area contributed by atoms with Crippen LogP contribution in [0.1, 0.15) is 67.7 Å². The van der Waals surface area contributed by atoms with Gasteiger partial charge in [0.2, 0.25) is 11.4 Å². The summed E-state index contributed by atoms with van der Waals surface area (Å²) in [5.41, 5.74) is -8.64. The Hall–Kier alpha value is -2.74. The van der Waals surface area contributed by atoms with E-state index < -0.39 is 76.0 Å². The number of likely N-dealkylation sites (N-methyl/N-ethyl adjacent to an activating group) is 3. The maximum absolute atomic E-state index is 14.9. The van der Waals surface area contributed by atoms with E-state index in [1.807, 2.05) is 0 Å². The molecule has 2 amide bonds. The highest BCUT2D eigenvalue weighted by Gasteiger charge is 2.67. The van der Waals surface area contributed by atoms with Gasteiger partial charge in [0.1, 0.15) is 12.2 Å². The summed E-state index contributed by atoms with van der Waals surface area (Å²) < 4.78 is 0. The number of aliphatic carboxylic acids is 1. The number of hydrogen-bond donors (Lipinski definition) is 5. The van der Waals surface area contributed by atoms with Gasteiger partial charge in [0, 0.05) is 14.1 Å². The van der Waals surface area contributed by atoms with Crippen LogP contribution in [0.3, 0.4) is 0 Å². The first-order chi connectivity index (χ1) is 17.7. The number of amides is 2. The van der Waals surface area contributed by atoms with E-state index in [1.165, 1.54) is 20.9 Å². The van der Waals surface area contributed by atoms with Crippen LogP contribution in [0.15, 0.2) is 0 Å². The van der Waals surface area contributed by atoms with Crippen molar-refractivity contribution >= 4 is 35.1 Å². The average Bonchev–Trinajstić information content (AvgIpc) is 2.88. The topological polar surface area (TPSA) is 202 Å². The first-order valence-corrected chi connectivity index (χ1v) is 12.9. The molecule has 0 aliphatic heterocycles. The number of nitrogens with one attached hydrogen (secondary N) is 1. The number of carbonyl (C=O) groups is 6. The number of aliphatic hydroxyl groups excluding tert-OH is 2. The molecule has 0 saturated heterocycles. The molecule has 13 nitrogen and oxygen atoms in total. The highest BCUT2D eigenvalue weighted by atomic mass is 16.4. The number of rotatable bonds is 16. The van der Waals surface area contributed by atoms with E-state index in [0.717, 1.165) is 34.9 Å². The zero-order valence-corrected chi connectivity index (χ0v) is 24.6. The van der Waals surface area contributed by atoms with E-state index in [9.17, 15) is 49.2 Å². The molecule has 0 radical (unpaired) electrons. The van der Waals surface area contributed by atoms with E-state index in [1.54, 1.807) is 6.92 Å². The maximum atomic E-state index is 14.9. The molecule has 0 saturated carbocycles. The minimum absolute atomic E-state index is 0.0344. The van der Waals surface area contributed by atoms with Crippen molar-refractivity contribution in [2.45, 2.75) is 103 Å². The van der Waals surface area contributed by atoms with E-state index in [4.69, 9.17) is 0 Å². The molecule has 0 rings (SSSR count). The van der Waals surface area contributed by atoms with Gasteiger partial charge in [-0.1, -0.05) is 33.6 Å². The van der Waals surface area contributed by atoms with Crippen molar-refractivity contribution in [2.75, 3.05) is 21.1 Å². The number of carbonyl (C=O) groups excluding carboxylic acids is 5. The van der Waals surface area contributed by atoms with Crippen molar-refractivity contribution in [3.8, 4) is 0 Å². The molecule has 0 aromatic heterocycles. The highest BCUT2D eigenvalue weighted by Crippen LogP contribution is 2.39. The van der Waals surface area contributed by atoms with Crippen LogP contribution in [-0.2, 0) is 28.8 Å². The first-order valence-electron chi connectivity index (χ1n) is 12.9. The maximum Gasteiger partial charge on any atom is 0.343 e. The summed E-state index contributed by atoms with van der Waals surface area (Å²) in [4.78, 5) is 82.5. The Kier molecular flexibility index (Phi) is 12.6. The molecule has 5 N–H and O–H groups in total. The van der Waals surface area contributed by atoms with Crippen molar-refractivity contribution in [2.24, 2.45) is 5.92 Å². The SMILES string of the molecule is CCC[C@H](NC)C(=O)[C@](C)(C(=O)[C@@](C(=O)[C@](C)(O)C(=O)O)([C@H](C)CC)N(C)C(=O)[C@@H](C)O)N(C)C(=O)[C@@H](C)O. The average molecular weight is 560 g/mol. The van der Waals surface area contributed by atoms with Gasteiger partial charge in [0.15, 0.2) is 22.6 Å². The van der Waals surface area contributed by atoms with Crippen molar-refractivity contribution in [3.05, 3.63) is 0 Å². The molecule has 0 aliphatic carbocycles. The molecular weight excluding hydrogens is 514 g/mol. The van der Waals surface area contributed by atoms with Crippen molar-refractivity contribution < 1.29 is 49.2 Å². The number of Topliss-reactive ketones (excluding diaryl/α,β-unsaturated/α-hetero) is 3. The fourth-order valence-corrected chi connectivity index (χ4v) is 4.74. The Morgan fingerprint density at radius 3 is 1.62 bits per heavy atom. The van der Waals surface area contributed by atoms with Crippen molar-refractivity contribution in [1.82, 2.24) is 15.1 Å². The number of carboxylic acids is 1. The van der Waals surface area contributed by atoms with Gasteiger partial charge in [0.05, 0.1) is 6.04 Å². The molecule has 0 spiro atoms. The molecular formula is C26H45N3O10. The third-order valence-corrected chi connectivity index (χ3v) is 7.62. The van der Waals surface area contributed by atoms with Crippen LogP contribution in [0.5, 0.6) is 0 Å². The molecule has 0 aliphatic rings. The molecule has 0 fully saturated rings. The number of hydrogen-bond acceptors (Lipinski definition) is 10. The Bertz CT molecular complexity index is 964. The van der Waals surface area contributed by atoms with Crippen LogP contribution >= 0.6 is 0 Å². The number of aliphatic hydroxyl groups is 3. The van der Waals surface area contributed by atoms with Gasteiger partial charge in [-0.25, -0.2) is 4.79 Å². The minimum Gasteiger partial charge on any atom is -0.479 e. The molecule has 0 aromatic rings. The third kappa shape index (κ3) is 6.37. The summed E-state index contributed by atoms with van der Waals surface area (Å²) in [5.74, 6) is -9.37. The summed E-state index contributed by atoms with van der Waals surface area (Å²) in [6, 6.07) is -1.03. The van der Waals surface area contributed by atoms with Crippen molar-refractivity contribution in [3.63, 3.8) is 0 Å². The first kappa shape index (κ1) is 36.3. The quantitative estimate of drug-likeness (QED) is 0.147. The van der Waals surface area contributed by atoms with E-state index in [0.29, 0.717) is 23.1 Å². The highest BCUT2D eigenvalue weighted by molar-refractivity contribution is 6.30. The van der Waals surface area contributed by atoms with E-state index in [2.05, 4.69) is 5.32 Å². The van der Waals surface area contributed by atoms with Gasteiger partial charge < -0.3 is 35.5 Å². The second-order valence-electron chi connectivity index (χ2n) is 10.3. The van der Waals surface area contributed by atoms with Crippen LogP contribution in [-0.4, -0.2) is 121 Å². The van der Waals surface area contributed by atoms with Gasteiger partial charge in [-0.2, -0.15) is 0 Å². The fraction of sp³-hybridized carbons (Fsp3) is 0.769. The summed E-state index contributed by atoms with van der Waals surface area (Å²) in [5, 5.41) is 43.4. The minimum atomic E-state index is -3.23. The summed E-state index contributed by atoms with van der Waals surface area (Å²) in [7, 11) is 3.50. The molecule has 224 valence electrons. The summed E-state index contributed by atoms with van der Waals surface area (Å²) in [6.45, 7) is 8.53. The van der Waals surface area contributed by atoms with Crippen LogP contribution in [0, 0.1) is 5.92 Å². The van der Waals surface area contributed by atoms with Gasteiger partial charge in [-0.15, -0.1) is 0 Å². The second-order valence-corrected chi connectivity index (χ2v) is 10.3. The van der Waals surface area contributed by atoms with Gasteiger partial charge in [-0.3, -0.25) is 24.0 Å². The number of carboxylic acid groups (broad SMARTS) is 1. The lowest BCUT2D eigenvalue weighted by Gasteiger charge is -2.51. The predicted octanol–water partition coefficient (Wildman–Crippen LogP) is -0.861. The smallest absolute Gasteiger partial charge is 0.343 e. The van der Waals surface area contributed by atoms with Crippen LogP contribution in [0.25, 0.3) is 0 Å². The molecule has 0 bridgehead atoms. The number of nitrogens with zero attached hydrogens (tertiary/aromatic N) is 2. The second kappa shape index (κ2) is 13.6. The van der Waals surface area contributed by atoms with Gasteiger partial charge >= 0.3 is 5.97 Å². The van der Waals surface area contributed by atoms with Gasteiger partial charge in [-0.05, 0) is 47.1 Å². The van der Waals surface area contributed by atoms with Crippen LogP contribution in [0.4, 0.5) is 0 Å². The largest absolute Gasteiger partial charge is 0.479 e. The number of ketones is 3. The zero-order valence-electron chi connectivity index (χ0n) is 24.6. The fourth-order valence-electron chi connectivity index (χ4n) is 4.74. The zero-order chi connectivity index (χ0) is 31.3. The van der Waals surface area contributed by atoms with E-state index in [-0.39, 0.29) is 12.8 Å². The van der Waals surface area contributed by atoms with Gasteiger partial charge in [0.25, 0.3) is 11.8 Å². The Labute approximate surface area is 229 Å². The lowest BCUT2D eigenvalue weighted by molar-refractivity contribution is -0.180. The normalized spacial score (nSPS) is 19.2. The Morgan fingerprint density at radius 1 is 0.846 bits per heavy atom. The molecule has 39 heavy (non-hydrogen) atoms. The summed E-state index contributed by atoms with van der Waals surface area (Å²) >= 11 is 0. The van der Waals surface area contributed by atoms with Crippen molar-refractivity contribution in [1.29, 1.82) is 0 Å². The Balaban J connectivity index is 8.09. The monoisotopic (exact) mass is 559 g/mol. The third-order valence-electron chi connectivity index (χ3n) is 7.62. The molecule has 0 aromatic carbocycles. The Morgan fingerprint density at radius 2 is 1.28 bits per heavy atom. The van der Waals surface area contributed by atoms with Crippen LogP contribution in [0.2, 0.25) is 0 Å². The molecule has 0 unspecified atom stereocenters. The predicted molar refractivity (Wildman–Crippen MR) is 141 cm³/mol. The van der Waals surface area contributed by atoms with E-state index >= 15 is 0 Å². The molecule has 0 heterocycles. The molecule has 13 heteroatoms. The standard InChI is InChI=1S/C26H45N3O10/c1-11-13-17(27-8)18(32)24(6,28(9)19(33)15(4)30)21(35)26(14(3)12-2,29(10)20(34)16(5)31)22(36)25(7,39)23(37)38/h14-17,27,30-31,39H,11-13H2,1-10H3,(H,37,38)/t14-,15-,16-,17+,24-,25+,26-/m1/s1. The molecule has 7 atom stereocenters. The summed E-state index contributed by atoms with van der Waals surface area (Å²) in [6.07, 6.45) is -2.81. The lowest BCUT2D eigenvalue weighted by atomic mass is 9.64.